The summed E-state index contributed by atoms with van der Waals surface area (Å²) in [6.07, 6.45) is 1.62. The van der Waals surface area contributed by atoms with Crippen molar-refractivity contribution in [1.29, 1.82) is 0 Å². The van der Waals surface area contributed by atoms with Crippen LogP contribution >= 0.6 is 23.8 Å². The van der Waals surface area contributed by atoms with Gasteiger partial charge >= 0.3 is 0 Å². The molecule has 0 fully saturated rings. The highest BCUT2D eigenvalue weighted by Crippen LogP contribution is 2.11. The second-order valence-corrected chi connectivity index (χ2v) is 3.29. The van der Waals surface area contributed by atoms with Crippen molar-refractivity contribution in [2.75, 3.05) is 7.05 Å². The Hall–Kier alpha value is -1.13. The number of hydrazone groups is 1. The Morgan fingerprint density at radius 2 is 2.21 bits per heavy atom. The molecule has 0 aliphatic heterocycles. The van der Waals surface area contributed by atoms with Crippen molar-refractivity contribution in [3.8, 4) is 0 Å². The number of halogens is 1. The molecule has 0 aliphatic rings. The molecule has 0 unspecified atom stereocenters. The van der Waals surface area contributed by atoms with Crippen LogP contribution in [0.1, 0.15) is 5.56 Å². The third kappa shape index (κ3) is 3.32. The first-order chi connectivity index (χ1) is 6.74. The van der Waals surface area contributed by atoms with E-state index in [1.54, 1.807) is 19.3 Å². The molecular formula is C9H10ClN3S. The van der Waals surface area contributed by atoms with Crippen LogP contribution in [0.15, 0.2) is 29.4 Å². The first-order valence-electron chi connectivity index (χ1n) is 3.99. The van der Waals surface area contributed by atoms with Crippen molar-refractivity contribution in [2.24, 2.45) is 5.10 Å². The molecule has 3 nitrogen and oxygen atoms in total. The lowest BCUT2D eigenvalue weighted by atomic mass is 10.2. The highest BCUT2D eigenvalue weighted by atomic mass is 35.5. The summed E-state index contributed by atoms with van der Waals surface area (Å²) < 4.78 is 0. The van der Waals surface area contributed by atoms with Crippen LogP contribution in [0.3, 0.4) is 0 Å². The molecule has 0 saturated carbocycles. The normalized spacial score (nSPS) is 10.1. The van der Waals surface area contributed by atoms with Gasteiger partial charge in [-0.25, -0.2) is 0 Å². The molecule has 2 N–H and O–H groups in total. The average Bonchev–Trinajstić information content (AvgIpc) is 2.20. The van der Waals surface area contributed by atoms with Gasteiger partial charge in [-0.2, -0.15) is 5.10 Å². The minimum Gasteiger partial charge on any atom is -0.364 e. The summed E-state index contributed by atoms with van der Waals surface area (Å²) >= 11 is 10.7. The van der Waals surface area contributed by atoms with E-state index < -0.39 is 0 Å². The number of rotatable bonds is 2. The summed E-state index contributed by atoms with van der Waals surface area (Å²) in [6.45, 7) is 0. The van der Waals surface area contributed by atoms with E-state index in [1.807, 2.05) is 18.2 Å². The van der Waals surface area contributed by atoms with E-state index in [2.05, 4.69) is 15.8 Å². The molecular weight excluding hydrogens is 218 g/mol. The van der Waals surface area contributed by atoms with E-state index in [4.69, 9.17) is 23.8 Å². The molecule has 0 spiro atoms. The molecule has 1 rings (SSSR count). The Morgan fingerprint density at radius 1 is 1.50 bits per heavy atom. The summed E-state index contributed by atoms with van der Waals surface area (Å²) in [5, 5.41) is 7.78. The number of nitrogens with one attached hydrogen (secondary N) is 2. The molecule has 1 aromatic rings. The zero-order chi connectivity index (χ0) is 10.4. The molecule has 0 saturated heterocycles. The fraction of sp³-hybridized carbons (Fsp3) is 0.111. The van der Waals surface area contributed by atoms with Crippen molar-refractivity contribution >= 4 is 35.1 Å². The number of hydrogen-bond acceptors (Lipinski definition) is 2. The molecule has 14 heavy (non-hydrogen) atoms. The molecule has 0 aromatic heterocycles. The van der Waals surface area contributed by atoms with Crippen LogP contribution in [0.25, 0.3) is 0 Å². The third-order valence-corrected chi connectivity index (χ3v) is 2.14. The Kier molecular flexibility index (Phi) is 4.35. The predicted octanol–water partition coefficient (Wildman–Crippen LogP) is 1.77. The van der Waals surface area contributed by atoms with Crippen molar-refractivity contribution in [3.05, 3.63) is 34.9 Å². The maximum absolute atomic E-state index is 5.91. The van der Waals surface area contributed by atoms with Gasteiger partial charge in [-0.1, -0.05) is 29.8 Å². The Labute approximate surface area is 93.2 Å². The van der Waals surface area contributed by atoms with Crippen molar-refractivity contribution in [1.82, 2.24) is 10.7 Å². The quantitative estimate of drug-likeness (QED) is 0.459. The van der Waals surface area contributed by atoms with E-state index in [-0.39, 0.29) is 0 Å². The zero-order valence-electron chi connectivity index (χ0n) is 7.62. The van der Waals surface area contributed by atoms with Gasteiger partial charge in [0, 0.05) is 17.6 Å². The first kappa shape index (κ1) is 10.9. The van der Waals surface area contributed by atoms with Gasteiger partial charge in [0.1, 0.15) is 0 Å². The lowest BCUT2D eigenvalue weighted by Crippen LogP contribution is -2.28. The van der Waals surface area contributed by atoms with E-state index >= 15 is 0 Å². The Bertz CT molecular complexity index is 352. The molecule has 0 aliphatic carbocycles. The first-order valence-corrected chi connectivity index (χ1v) is 4.78. The number of hydrogen-bond donors (Lipinski definition) is 2. The van der Waals surface area contributed by atoms with E-state index in [1.165, 1.54) is 0 Å². The summed E-state index contributed by atoms with van der Waals surface area (Å²) in [6, 6.07) is 7.43. The molecule has 5 heteroatoms. The van der Waals surface area contributed by atoms with Crippen LogP contribution in [0.4, 0.5) is 0 Å². The largest absolute Gasteiger partial charge is 0.364 e. The van der Waals surface area contributed by atoms with Gasteiger partial charge in [0.2, 0.25) is 0 Å². The highest BCUT2D eigenvalue weighted by Gasteiger charge is 1.93. The maximum Gasteiger partial charge on any atom is 0.186 e. The van der Waals surface area contributed by atoms with Crippen LogP contribution in [-0.2, 0) is 0 Å². The van der Waals surface area contributed by atoms with Crippen LogP contribution in [0.2, 0.25) is 5.02 Å². The fourth-order valence-electron chi connectivity index (χ4n) is 0.796. The Balaban J connectivity index is 2.60. The van der Waals surface area contributed by atoms with Crippen molar-refractivity contribution in [2.45, 2.75) is 0 Å². The smallest absolute Gasteiger partial charge is 0.186 e. The minimum atomic E-state index is 0.466. The summed E-state index contributed by atoms with van der Waals surface area (Å²) in [4.78, 5) is 0. The average molecular weight is 228 g/mol. The molecule has 0 amide bonds. The standard InChI is InChI=1S/C9H10ClN3S/c1-11-9(14)13-12-6-7-4-2-3-5-8(7)10/h2-6H,1H3,(H2,11,13,14)/b12-6-. The zero-order valence-corrected chi connectivity index (χ0v) is 9.19. The second kappa shape index (κ2) is 5.57. The van der Waals surface area contributed by atoms with Gasteiger partial charge in [-0.3, -0.25) is 5.43 Å². The molecule has 0 atom stereocenters. The van der Waals surface area contributed by atoms with Crippen molar-refractivity contribution in [3.63, 3.8) is 0 Å². The SMILES string of the molecule is CNC(=S)N/N=C\c1ccccc1Cl. The van der Waals surface area contributed by atoms with Gasteiger partial charge in [-0.15, -0.1) is 0 Å². The predicted molar refractivity (Wildman–Crippen MR) is 63.8 cm³/mol. The van der Waals surface area contributed by atoms with Crippen LogP contribution in [0.5, 0.6) is 0 Å². The second-order valence-electron chi connectivity index (χ2n) is 2.47. The van der Waals surface area contributed by atoms with E-state index in [0.717, 1.165) is 5.56 Å². The van der Waals surface area contributed by atoms with Crippen molar-refractivity contribution < 1.29 is 0 Å². The number of benzene rings is 1. The topological polar surface area (TPSA) is 36.4 Å². The summed E-state index contributed by atoms with van der Waals surface area (Å²) in [7, 11) is 1.72. The van der Waals surface area contributed by atoms with Gasteiger partial charge in [-0.05, 0) is 18.3 Å². The molecule has 74 valence electrons. The van der Waals surface area contributed by atoms with Gasteiger partial charge in [0.25, 0.3) is 0 Å². The molecule has 0 radical (unpaired) electrons. The lowest BCUT2D eigenvalue weighted by molar-refractivity contribution is 0.982. The number of nitrogens with zero attached hydrogens (tertiary/aromatic N) is 1. The lowest BCUT2D eigenvalue weighted by Gasteiger charge is -2.00. The molecule has 1 aromatic carbocycles. The van der Waals surface area contributed by atoms with Gasteiger partial charge < -0.3 is 5.32 Å². The highest BCUT2D eigenvalue weighted by molar-refractivity contribution is 7.80. The minimum absolute atomic E-state index is 0.466. The van der Waals surface area contributed by atoms with E-state index in [0.29, 0.717) is 10.1 Å². The Morgan fingerprint density at radius 3 is 2.86 bits per heavy atom. The molecule has 0 bridgehead atoms. The van der Waals surface area contributed by atoms with Crippen LogP contribution in [-0.4, -0.2) is 18.4 Å². The van der Waals surface area contributed by atoms with Gasteiger partial charge in [0.05, 0.1) is 6.21 Å². The summed E-state index contributed by atoms with van der Waals surface area (Å²) in [5.74, 6) is 0. The van der Waals surface area contributed by atoms with Crippen LogP contribution in [0, 0.1) is 0 Å². The van der Waals surface area contributed by atoms with Gasteiger partial charge in [0.15, 0.2) is 5.11 Å². The fourth-order valence-corrected chi connectivity index (χ4v) is 1.03. The van der Waals surface area contributed by atoms with E-state index in [9.17, 15) is 0 Å². The number of thiocarbonyl (C=S) groups is 1. The third-order valence-electron chi connectivity index (χ3n) is 1.50. The summed E-state index contributed by atoms with van der Waals surface area (Å²) in [5.41, 5.74) is 3.49. The van der Waals surface area contributed by atoms with Crippen LogP contribution < -0.4 is 10.7 Å². The maximum atomic E-state index is 5.91. The molecule has 0 heterocycles. The monoisotopic (exact) mass is 227 g/mol.